The lowest BCUT2D eigenvalue weighted by atomic mass is 10.0. The lowest BCUT2D eigenvalue weighted by molar-refractivity contribution is 0.163. The predicted molar refractivity (Wildman–Crippen MR) is 128 cm³/mol. The smallest absolute Gasteiger partial charge is 0.0790 e. The number of halogens is 3. The third kappa shape index (κ3) is 12.8. The fourth-order valence-electron chi connectivity index (χ4n) is 2.81. The minimum Gasteiger partial charge on any atom is -0.388 e. The van der Waals surface area contributed by atoms with Gasteiger partial charge in [0, 0.05) is 13.4 Å². The van der Waals surface area contributed by atoms with Gasteiger partial charge in [-0.15, -0.1) is 0 Å². The van der Waals surface area contributed by atoms with Gasteiger partial charge in [-0.2, -0.15) is 0 Å². The van der Waals surface area contributed by atoms with Gasteiger partial charge in [-0.25, -0.2) is 0 Å². The second-order valence-corrected chi connectivity index (χ2v) is 9.52. The van der Waals surface area contributed by atoms with E-state index >= 15 is 0 Å². The van der Waals surface area contributed by atoms with Crippen LogP contribution < -0.4 is 0 Å². The van der Waals surface area contributed by atoms with Crippen molar-refractivity contribution in [3.8, 4) is 0 Å². The second-order valence-electron chi connectivity index (χ2n) is 6.77. The van der Waals surface area contributed by atoms with Gasteiger partial charge in [0.15, 0.2) is 0 Å². The maximum absolute atomic E-state index is 10.1. The van der Waals surface area contributed by atoms with Crippen molar-refractivity contribution in [2.45, 2.75) is 70.8 Å². The third-order valence-corrected chi connectivity index (χ3v) is 5.83. The molecular formula is C23H31Br3O. The van der Waals surface area contributed by atoms with Crippen LogP contribution in [0.15, 0.2) is 61.9 Å². The van der Waals surface area contributed by atoms with Crippen LogP contribution in [0.2, 0.25) is 0 Å². The van der Waals surface area contributed by atoms with Gasteiger partial charge in [-0.1, -0.05) is 124 Å². The van der Waals surface area contributed by atoms with E-state index in [1.165, 1.54) is 44.9 Å². The number of unbranched alkanes of at least 4 members (excludes halogenated alkanes) is 7. The molecule has 1 unspecified atom stereocenters. The minimum absolute atomic E-state index is 0.308. The van der Waals surface area contributed by atoms with E-state index in [2.05, 4.69) is 54.7 Å². The first-order chi connectivity index (χ1) is 13.0. The molecule has 2 aromatic rings. The summed E-state index contributed by atoms with van der Waals surface area (Å²) in [6.45, 7) is 2.25. The molecule has 0 saturated carbocycles. The highest BCUT2D eigenvalue weighted by molar-refractivity contribution is 9.11. The Morgan fingerprint density at radius 1 is 0.704 bits per heavy atom. The fraction of sp³-hybridized carbons (Fsp3) is 0.478. The Kier molecular flexibility index (Phi) is 14.5. The average Bonchev–Trinajstić information content (AvgIpc) is 2.64. The lowest BCUT2D eigenvalue weighted by Crippen LogP contribution is -1.97. The normalized spacial score (nSPS) is 11.6. The van der Waals surface area contributed by atoms with Crippen LogP contribution in [0.25, 0.3) is 0 Å². The SMILES string of the molecule is Brc1cccc(Br)c1.CCCCCCCCCCC(O)c1cccc(Br)c1. The summed E-state index contributed by atoms with van der Waals surface area (Å²) in [6.07, 6.45) is 11.1. The highest BCUT2D eigenvalue weighted by Gasteiger charge is 2.07. The van der Waals surface area contributed by atoms with Crippen molar-refractivity contribution in [3.63, 3.8) is 0 Å². The summed E-state index contributed by atoms with van der Waals surface area (Å²) >= 11 is 10.1. The third-order valence-electron chi connectivity index (χ3n) is 4.35. The van der Waals surface area contributed by atoms with E-state index in [9.17, 15) is 5.11 Å². The zero-order chi connectivity index (χ0) is 19.9. The summed E-state index contributed by atoms with van der Waals surface area (Å²) in [5, 5.41) is 10.1. The van der Waals surface area contributed by atoms with Crippen LogP contribution in [-0.2, 0) is 0 Å². The van der Waals surface area contributed by atoms with Crippen LogP contribution >= 0.6 is 47.8 Å². The molecule has 0 aliphatic carbocycles. The van der Waals surface area contributed by atoms with Crippen LogP contribution in [0, 0.1) is 0 Å². The highest BCUT2D eigenvalue weighted by Crippen LogP contribution is 2.23. The molecule has 1 atom stereocenters. The summed E-state index contributed by atoms with van der Waals surface area (Å²) < 4.78 is 3.25. The molecule has 0 aliphatic rings. The van der Waals surface area contributed by atoms with E-state index in [-0.39, 0.29) is 6.10 Å². The predicted octanol–water partition coefficient (Wildman–Crippen LogP) is 9.22. The maximum atomic E-state index is 10.1. The average molecular weight is 563 g/mol. The van der Waals surface area contributed by atoms with Crippen molar-refractivity contribution in [3.05, 3.63) is 67.5 Å². The molecular weight excluding hydrogens is 532 g/mol. The van der Waals surface area contributed by atoms with Crippen molar-refractivity contribution in [1.82, 2.24) is 0 Å². The molecule has 0 spiro atoms. The van der Waals surface area contributed by atoms with Gasteiger partial charge in [0.2, 0.25) is 0 Å². The van der Waals surface area contributed by atoms with E-state index in [1.807, 2.05) is 48.5 Å². The Balaban J connectivity index is 0.000000377. The van der Waals surface area contributed by atoms with Crippen LogP contribution in [0.3, 0.4) is 0 Å². The van der Waals surface area contributed by atoms with Crippen molar-refractivity contribution in [2.24, 2.45) is 0 Å². The van der Waals surface area contributed by atoms with E-state index in [0.717, 1.165) is 31.8 Å². The summed E-state index contributed by atoms with van der Waals surface area (Å²) in [5.74, 6) is 0. The van der Waals surface area contributed by atoms with E-state index in [4.69, 9.17) is 0 Å². The number of aliphatic hydroxyl groups is 1. The zero-order valence-electron chi connectivity index (χ0n) is 16.1. The summed E-state index contributed by atoms with van der Waals surface area (Å²) in [6, 6.07) is 15.9. The van der Waals surface area contributed by atoms with Crippen LogP contribution in [0.4, 0.5) is 0 Å². The number of hydrogen-bond acceptors (Lipinski definition) is 1. The number of benzene rings is 2. The van der Waals surface area contributed by atoms with Gasteiger partial charge in [0.1, 0.15) is 0 Å². The highest BCUT2D eigenvalue weighted by atomic mass is 79.9. The molecule has 2 aromatic carbocycles. The zero-order valence-corrected chi connectivity index (χ0v) is 20.9. The fourth-order valence-corrected chi connectivity index (χ4v) is 4.33. The summed E-state index contributed by atoms with van der Waals surface area (Å²) in [4.78, 5) is 0. The minimum atomic E-state index is -0.308. The van der Waals surface area contributed by atoms with Crippen molar-refractivity contribution in [1.29, 1.82) is 0 Å². The molecule has 27 heavy (non-hydrogen) atoms. The summed E-state index contributed by atoms with van der Waals surface area (Å²) in [7, 11) is 0. The topological polar surface area (TPSA) is 20.2 Å². The molecule has 0 radical (unpaired) electrons. The van der Waals surface area contributed by atoms with Crippen molar-refractivity contribution < 1.29 is 5.11 Å². The van der Waals surface area contributed by atoms with Gasteiger partial charge in [-0.3, -0.25) is 0 Å². The first-order valence-electron chi connectivity index (χ1n) is 9.87. The van der Waals surface area contributed by atoms with E-state index in [1.54, 1.807) is 0 Å². The monoisotopic (exact) mass is 560 g/mol. The Morgan fingerprint density at radius 3 is 1.67 bits per heavy atom. The molecule has 0 amide bonds. The van der Waals surface area contributed by atoms with Crippen molar-refractivity contribution in [2.75, 3.05) is 0 Å². The van der Waals surface area contributed by atoms with Gasteiger partial charge < -0.3 is 5.11 Å². The largest absolute Gasteiger partial charge is 0.388 e. The molecule has 0 fully saturated rings. The molecule has 4 heteroatoms. The van der Waals surface area contributed by atoms with Gasteiger partial charge in [0.25, 0.3) is 0 Å². The summed E-state index contributed by atoms with van der Waals surface area (Å²) in [5.41, 5.74) is 1.03. The first-order valence-corrected chi connectivity index (χ1v) is 12.3. The van der Waals surface area contributed by atoms with Gasteiger partial charge >= 0.3 is 0 Å². The lowest BCUT2D eigenvalue weighted by Gasteiger charge is -2.11. The molecule has 0 bridgehead atoms. The van der Waals surface area contributed by atoms with Gasteiger partial charge in [0.05, 0.1) is 6.10 Å². The Hall–Kier alpha value is -0.160. The molecule has 0 saturated heterocycles. The molecule has 1 nitrogen and oxygen atoms in total. The Bertz CT molecular complexity index is 613. The molecule has 150 valence electrons. The Morgan fingerprint density at radius 2 is 1.19 bits per heavy atom. The van der Waals surface area contributed by atoms with E-state index in [0.29, 0.717) is 0 Å². The van der Waals surface area contributed by atoms with Gasteiger partial charge in [-0.05, 0) is 42.3 Å². The van der Waals surface area contributed by atoms with E-state index < -0.39 is 0 Å². The molecule has 0 heterocycles. The number of aliphatic hydroxyl groups excluding tert-OH is 1. The van der Waals surface area contributed by atoms with Crippen LogP contribution in [-0.4, -0.2) is 5.11 Å². The second kappa shape index (κ2) is 15.7. The maximum Gasteiger partial charge on any atom is 0.0790 e. The van der Waals surface area contributed by atoms with Crippen molar-refractivity contribution >= 4 is 47.8 Å². The first kappa shape index (κ1) is 24.9. The quantitative estimate of drug-likeness (QED) is 0.286. The molecule has 2 rings (SSSR count). The van der Waals surface area contributed by atoms with Crippen LogP contribution in [0.1, 0.15) is 76.4 Å². The number of rotatable bonds is 10. The molecule has 0 aromatic heterocycles. The number of hydrogen-bond donors (Lipinski definition) is 1. The standard InChI is InChI=1S/C17H27BrO.C6H4Br2/c1-2-3-4-5-6-7-8-9-13-17(19)15-11-10-12-16(18)14-15;7-5-2-1-3-6(8)4-5/h10-12,14,17,19H,2-9,13H2,1H3;1-4H. The van der Waals surface area contributed by atoms with Crippen LogP contribution in [0.5, 0.6) is 0 Å². The molecule has 0 aliphatic heterocycles. The molecule has 1 N–H and O–H groups in total. The Labute approximate surface area is 190 Å².